The van der Waals surface area contributed by atoms with Gasteiger partial charge in [-0.05, 0) is 30.3 Å². The normalized spacial score (nSPS) is 16.0. The summed E-state index contributed by atoms with van der Waals surface area (Å²) in [5, 5.41) is 12.6. The lowest BCUT2D eigenvalue weighted by atomic mass is 9.84. The zero-order chi connectivity index (χ0) is 23.8. The Kier molecular flexibility index (Phi) is 5.32. The van der Waals surface area contributed by atoms with Crippen molar-refractivity contribution in [2.75, 3.05) is 16.0 Å². The first-order valence-corrected chi connectivity index (χ1v) is 11.3. The fourth-order valence-corrected chi connectivity index (χ4v) is 4.97. The third-order valence-electron chi connectivity index (χ3n) is 5.53. The molecule has 1 aliphatic heterocycles. The smallest absolute Gasteiger partial charge is 0.269 e. The van der Waals surface area contributed by atoms with Crippen LogP contribution >= 0.6 is 11.8 Å². The van der Waals surface area contributed by atoms with Crippen LogP contribution in [0.2, 0.25) is 0 Å². The van der Waals surface area contributed by atoms with Gasteiger partial charge < -0.3 is 5.32 Å². The minimum Gasteiger partial charge on any atom is -0.321 e. The number of carbonyl (C=O) groups excluding carboxylic acids is 4. The second-order valence-electron chi connectivity index (χ2n) is 7.56. The first-order chi connectivity index (χ1) is 16.5. The van der Waals surface area contributed by atoms with Crippen LogP contribution in [0, 0.1) is 11.3 Å². The number of hydrogen-bond acceptors (Lipinski definition) is 6. The molecule has 3 aromatic carbocycles. The lowest BCUT2D eigenvalue weighted by molar-refractivity contribution is -0.115. The van der Waals surface area contributed by atoms with Crippen molar-refractivity contribution in [3.8, 4) is 6.07 Å². The van der Waals surface area contributed by atoms with Gasteiger partial charge in [0.15, 0.2) is 11.6 Å². The Bertz CT molecular complexity index is 1470. The lowest BCUT2D eigenvalue weighted by Crippen LogP contribution is -2.27. The van der Waals surface area contributed by atoms with Gasteiger partial charge in [-0.15, -0.1) is 0 Å². The zero-order valence-electron chi connectivity index (χ0n) is 17.6. The summed E-state index contributed by atoms with van der Waals surface area (Å²) in [6, 6.07) is 21.7. The molecule has 1 saturated heterocycles. The first kappa shape index (κ1) is 21.4. The molecule has 1 heterocycles. The van der Waals surface area contributed by atoms with Crippen LogP contribution in [-0.4, -0.2) is 29.1 Å². The summed E-state index contributed by atoms with van der Waals surface area (Å²) in [4.78, 5) is 52.6. The highest BCUT2D eigenvalue weighted by molar-refractivity contribution is 8.04. The molecule has 0 bridgehead atoms. The number of nitrogens with one attached hydrogen (secondary N) is 1. The van der Waals surface area contributed by atoms with E-state index in [9.17, 15) is 24.4 Å². The number of ketones is 2. The van der Waals surface area contributed by atoms with E-state index in [1.54, 1.807) is 54.6 Å². The molecule has 0 atom stereocenters. The van der Waals surface area contributed by atoms with E-state index < -0.39 is 5.91 Å². The van der Waals surface area contributed by atoms with Crippen molar-refractivity contribution in [2.24, 2.45) is 0 Å². The van der Waals surface area contributed by atoms with Gasteiger partial charge in [0.05, 0.1) is 5.75 Å². The summed E-state index contributed by atoms with van der Waals surface area (Å²) in [6.07, 6.45) is 0. The standard InChI is InChI=1S/C26H15N3O4S/c27-13-21(26-29(22(30)14-34-26)16-6-2-1-3-7-16)25(33)28-15-10-11-19-20(12-15)24(32)18-9-5-4-8-17(18)23(19)31/h1-12H,14H2,(H,28,33)/b26-21+. The zero-order valence-corrected chi connectivity index (χ0v) is 18.4. The Labute approximate surface area is 198 Å². The molecule has 0 saturated carbocycles. The highest BCUT2D eigenvalue weighted by atomic mass is 32.2. The maximum Gasteiger partial charge on any atom is 0.269 e. The van der Waals surface area contributed by atoms with E-state index >= 15 is 0 Å². The van der Waals surface area contributed by atoms with Crippen molar-refractivity contribution in [1.82, 2.24) is 0 Å². The first-order valence-electron chi connectivity index (χ1n) is 10.3. The quantitative estimate of drug-likeness (QED) is 0.363. The Morgan fingerprint density at radius 1 is 0.853 bits per heavy atom. The van der Waals surface area contributed by atoms with Gasteiger partial charge in [-0.25, -0.2) is 0 Å². The number of benzene rings is 3. The highest BCUT2D eigenvalue weighted by Gasteiger charge is 2.34. The van der Waals surface area contributed by atoms with Gasteiger partial charge in [0.2, 0.25) is 5.91 Å². The Balaban J connectivity index is 1.48. The van der Waals surface area contributed by atoms with Crippen molar-refractivity contribution in [2.45, 2.75) is 0 Å². The average molecular weight is 465 g/mol. The topological polar surface area (TPSA) is 107 Å². The van der Waals surface area contributed by atoms with E-state index in [1.165, 1.54) is 23.1 Å². The Hall–Kier alpha value is -4.48. The summed E-state index contributed by atoms with van der Waals surface area (Å²) in [5.41, 5.74) is 1.70. The van der Waals surface area contributed by atoms with E-state index in [0.717, 1.165) is 11.8 Å². The van der Waals surface area contributed by atoms with Crippen molar-refractivity contribution in [3.63, 3.8) is 0 Å². The molecule has 8 heteroatoms. The summed E-state index contributed by atoms with van der Waals surface area (Å²) in [7, 11) is 0. The molecule has 1 aliphatic carbocycles. The van der Waals surface area contributed by atoms with Crippen LogP contribution in [0.5, 0.6) is 0 Å². The molecule has 2 aliphatic rings. The molecule has 5 rings (SSSR count). The van der Waals surface area contributed by atoms with E-state index in [0.29, 0.717) is 16.8 Å². The fraction of sp³-hybridized carbons (Fsp3) is 0.0385. The average Bonchev–Trinajstić information content (AvgIpc) is 3.24. The maximum absolute atomic E-state index is 13.0. The van der Waals surface area contributed by atoms with Crippen LogP contribution in [0.3, 0.4) is 0 Å². The van der Waals surface area contributed by atoms with Crippen LogP contribution in [0.4, 0.5) is 11.4 Å². The second-order valence-corrected chi connectivity index (χ2v) is 8.53. The number of para-hydroxylation sites is 1. The number of nitrogens with zero attached hydrogens (tertiary/aromatic N) is 2. The van der Waals surface area contributed by atoms with E-state index in [-0.39, 0.29) is 50.6 Å². The number of fused-ring (bicyclic) bond motifs is 2. The number of amides is 2. The van der Waals surface area contributed by atoms with Gasteiger partial charge in [0.1, 0.15) is 16.7 Å². The minimum absolute atomic E-state index is 0.109. The SMILES string of the molecule is N#C/C(C(=O)Nc1ccc2c(c1)C(=O)c1ccccc1C2=O)=C1\SCC(=O)N1c1ccccc1. The lowest BCUT2D eigenvalue weighted by Gasteiger charge is -2.19. The molecule has 1 fully saturated rings. The van der Waals surface area contributed by atoms with E-state index in [1.807, 2.05) is 6.07 Å². The number of rotatable bonds is 3. The number of nitriles is 1. The van der Waals surface area contributed by atoms with Crippen molar-refractivity contribution in [3.05, 3.63) is 106 Å². The molecule has 0 unspecified atom stereocenters. The number of hydrogen-bond donors (Lipinski definition) is 1. The van der Waals surface area contributed by atoms with E-state index in [4.69, 9.17) is 0 Å². The summed E-state index contributed by atoms with van der Waals surface area (Å²) >= 11 is 1.11. The molecule has 7 nitrogen and oxygen atoms in total. The molecule has 0 aromatic heterocycles. The second kappa shape index (κ2) is 8.46. The van der Waals surface area contributed by atoms with Gasteiger partial charge in [-0.2, -0.15) is 5.26 Å². The third kappa shape index (κ3) is 3.49. The fourth-order valence-electron chi connectivity index (χ4n) is 3.96. The molecular weight excluding hydrogens is 450 g/mol. The van der Waals surface area contributed by atoms with Crippen LogP contribution in [-0.2, 0) is 9.59 Å². The Morgan fingerprint density at radius 2 is 1.47 bits per heavy atom. The van der Waals surface area contributed by atoms with E-state index in [2.05, 4.69) is 5.32 Å². The van der Waals surface area contributed by atoms with Crippen LogP contribution in [0.15, 0.2) is 83.4 Å². The summed E-state index contributed by atoms with van der Waals surface area (Å²) < 4.78 is 0. The van der Waals surface area contributed by atoms with Gasteiger partial charge in [-0.3, -0.25) is 24.1 Å². The molecule has 0 spiro atoms. The molecule has 3 aromatic rings. The van der Waals surface area contributed by atoms with Crippen molar-refractivity contribution in [1.29, 1.82) is 5.26 Å². The highest BCUT2D eigenvalue weighted by Crippen LogP contribution is 2.36. The predicted molar refractivity (Wildman–Crippen MR) is 127 cm³/mol. The van der Waals surface area contributed by atoms with Gasteiger partial charge in [0.25, 0.3) is 5.91 Å². The summed E-state index contributed by atoms with van der Waals surface area (Å²) in [6.45, 7) is 0. The number of thioether (sulfide) groups is 1. The van der Waals surface area contributed by atoms with Crippen LogP contribution in [0.25, 0.3) is 0 Å². The summed E-state index contributed by atoms with van der Waals surface area (Å²) in [5.74, 6) is -1.41. The largest absolute Gasteiger partial charge is 0.321 e. The van der Waals surface area contributed by atoms with Crippen LogP contribution < -0.4 is 10.2 Å². The molecule has 34 heavy (non-hydrogen) atoms. The van der Waals surface area contributed by atoms with Gasteiger partial charge in [-0.1, -0.05) is 54.2 Å². The van der Waals surface area contributed by atoms with Gasteiger partial charge in [0, 0.05) is 33.6 Å². The molecule has 0 radical (unpaired) electrons. The molecular formula is C26H15N3O4S. The predicted octanol–water partition coefficient (Wildman–Crippen LogP) is 3.92. The van der Waals surface area contributed by atoms with Crippen LogP contribution in [0.1, 0.15) is 31.8 Å². The maximum atomic E-state index is 13.0. The molecule has 1 N–H and O–H groups in total. The molecule has 164 valence electrons. The third-order valence-corrected chi connectivity index (χ3v) is 6.59. The van der Waals surface area contributed by atoms with Crippen molar-refractivity contribution >= 4 is 46.5 Å². The monoisotopic (exact) mass is 465 g/mol. The number of anilines is 2. The van der Waals surface area contributed by atoms with Gasteiger partial charge >= 0.3 is 0 Å². The minimum atomic E-state index is -0.712. The van der Waals surface area contributed by atoms with Crippen molar-refractivity contribution < 1.29 is 19.2 Å². The molecule has 2 amide bonds. The Morgan fingerprint density at radius 3 is 2.15 bits per heavy atom. The number of carbonyl (C=O) groups is 4.